The summed E-state index contributed by atoms with van der Waals surface area (Å²) in [4.78, 5) is 2.21. The van der Waals surface area contributed by atoms with Gasteiger partial charge in [0.15, 0.2) is 0 Å². The number of phenolic OH excluding ortho intramolecular Hbond substituents is 1. The highest BCUT2D eigenvalue weighted by atomic mass is 35.5. The lowest BCUT2D eigenvalue weighted by molar-refractivity contribution is 0.172. The molecule has 110 valence electrons. The molecular weight excluding hydrogens is 286 g/mol. The summed E-state index contributed by atoms with van der Waals surface area (Å²) in [7, 11) is 0. The van der Waals surface area contributed by atoms with Crippen LogP contribution in [0.4, 0.5) is 0 Å². The molecule has 1 aliphatic heterocycles. The van der Waals surface area contributed by atoms with Crippen molar-refractivity contribution in [3.63, 3.8) is 0 Å². The summed E-state index contributed by atoms with van der Waals surface area (Å²) < 4.78 is 0. The monoisotopic (exact) mass is 303 g/mol. The lowest BCUT2D eigenvalue weighted by atomic mass is 10.0. The number of likely N-dealkylation sites (tertiary alicyclic amines) is 1. The van der Waals surface area contributed by atoms with Crippen molar-refractivity contribution in [2.24, 2.45) is 0 Å². The van der Waals surface area contributed by atoms with Gasteiger partial charge >= 0.3 is 0 Å². The first-order valence-electron chi connectivity index (χ1n) is 7.08. The highest BCUT2D eigenvalue weighted by molar-refractivity contribution is 6.32. The molecule has 2 atom stereocenters. The molecule has 1 aliphatic rings. The lowest BCUT2D eigenvalue weighted by Gasteiger charge is -2.25. The first-order chi connectivity index (χ1) is 10.1. The maximum Gasteiger partial charge on any atom is 0.134 e. The van der Waals surface area contributed by atoms with Gasteiger partial charge in [-0.1, -0.05) is 54.1 Å². The lowest BCUT2D eigenvalue weighted by Crippen LogP contribution is -2.24. The zero-order valence-electron chi connectivity index (χ0n) is 11.6. The molecule has 21 heavy (non-hydrogen) atoms. The Hall–Kier alpha value is -1.55. The number of aromatic hydroxyl groups is 1. The summed E-state index contributed by atoms with van der Waals surface area (Å²) in [6.45, 7) is 1.23. The number of halogens is 1. The molecule has 0 amide bonds. The van der Waals surface area contributed by atoms with Crippen LogP contribution >= 0.6 is 11.6 Å². The Morgan fingerprint density at radius 2 is 1.86 bits per heavy atom. The van der Waals surface area contributed by atoms with E-state index in [1.807, 2.05) is 24.3 Å². The first-order valence-corrected chi connectivity index (χ1v) is 7.46. The summed E-state index contributed by atoms with van der Waals surface area (Å²) in [5, 5.41) is 20.1. The third-order valence-electron chi connectivity index (χ3n) is 4.00. The quantitative estimate of drug-likeness (QED) is 0.914. The van der Waals surface area contributed by atoms with Gasteiger partial charge in [-0.3, -0.25) is 4.90 Å². The molecule has 2 aromatic rings. The van der Waals surface area contributed by atoms with Crippen molar-refractivity contribution in [2.75, 3.05) is 6.54 Å². The topological polar surface area (TPSA) is 43.7 Å². The van der Waals surface area contributed by atoms with Crippen LogP contribution in [0.25, 0.3) is 0 Å². The maximum atomic E-state index is 10.0. The molecule has 0 saturated carbocycles. The van der Waals surface area contributed by atoms with Crippen molar-refractivity contribution >= 4 is 11.6 Å². The fourth-order valence-electron chi connectivity index (χ4n) is 2.98. The number of benzene rings is 2. The molecule has 3 rings (SSSR count). The molecule has 2 aromatic carbocycles. The molecule has 1 heterocycles. The van der Waals surface area contributed by atoms with Gasteiger partial charge in [0.05, 0.1) is 11.1 Å². The van der Waals surface area contributed by atoms with E-state index in [-0.39, 0.29) is 17.9 Å². The Kier molecular flexibility index (Phi) is 4.15. The van der Waals surface area contributed by atoms with E-state index in [0.29, 0.717) is 18.1 Å². The molecule has 4 heteroatoms. The normalized spacial score (nSPS) is 22.6. The van der Waals surface area contributed by atoms with Crippen molar-refractivity contribution in [3.8, 4) is 5.75 Å². The minimum atomic E-state index is -0.328. The molecule has 0 aromatic heterocycles. The van der Waals surface area contributed by atoms with E-state index in [9.17, 15) is 10.2 Å². The van der Waals surface area contributed by atoms with E-state index < -0.39 is 0 Å². The van der Waals surface area contributed by atoms with Crippen molar-refractivity contribution in [1.82, 2.24) is 4.90 Å². The van der Waals surface area contributed by atoms with Crippen LogP contribution in [0.5, 0.6) is 5.75 Å². The highest BCUT2D eigenvalue weighted by Gasteiger charge is 2.32. The summed E-state index contributed by atoms with van der Waals surface area (Å²) >= 11 is 6.16. The molecule has 0 bridgehead atoms. The molecule has 0 spiro atoms. The molecular formula is C17H18ClNO2. The number of aliphatic hydroxyl groups excluding tert-OH is 1. The van der Waals surface area contributed by atoms with Gasteiger partial charge in [-0.2, -0.15) is 0 Å². The number of hydrogen-bond donors (Lipinski definition) is 2. The molecule has 0 aliphatic carbocycles. The van der Waals surface area contributed by atoms with Crippen LogP contribution in [0, 0.1) is 0 Å². The van der Waals surface area contributed by atoms with E-state index in [1.54, 1.807) is 12.1 Å². The fraction of sp³-hybridized carbons (Fsp3) is 0.294. The van der Waals surface area contributed by atoms with Gasteiger partial charge in [-0.05, 0) is 23.6 Å². The van der Waals surface area contributed by atoms with Gasteiger partial charge in [-0.15, -0.1) is 0 Å². The van der Waals surface area contributed by atoms with Gasteiger partial charge in [0.2, 0.25) is 0 Å². The Morgan fingerprint density at radius 3 is 2.62 bits per heavy atom. The second kappa shape index (κ2) is 6.06. The molecule has 1 fully saturated rings. The standard InChI is InChI=1S/C17H18ClNO2/c18-17-13(7-4-8-16(17)21)10-19-11-14(20)9-15(19)12-5-2-1-3-6-12/h1-8,14-15,20-21H,9-11H2. The largest absolute Gasteiger partial charge is 0.506 e. The van der Waals surface area contributed by atoms with E-state index in [1.165, 1.54) is 5.56 Å². The summed E-state index contributed by atoms with van der Waals surface area (Å²) in [6.07, 6.45) is 0.395. The average molecular weight is 304 g/mol. The van der Waals surface area contributed by atoms with Crippen LogP contribution in [0.1, 0.15) is 23.6 Å². The van der Waals surface area contributed by atoms with Crippen molar-refractivity contribution in [3.05, 3.63) is 64.7 Å². The summed E-state index contributed by atoms with van der Waals surface area (Å²) in [6, 6.07) is 15.7. The van der Waals surface area contributed by atoms with Crippen LogP contribution in [-0.2, 0) is 6.54 Å². The third-order valence-corrected chi connectivity index (χ3v) is 4.43. The van der Waals surface area contributed by atoms with Crippen molar-refractivity contribution in [2.45, 2.75) is 25.1 Å². The van der Waals surface area contributed by atoms with Crippen molar-refractivity contribution < 1.29 is 10.2 Å². The summed E-state index contributed by atoms with van der Waals surface area (Å²) in [5.41, 5.74) is 2.08. The Labute approximate surface area is 129 Å². The number of β-amino-alcohol motifs (C(OH)–C–C–N with tert-alkyl or cyclic N) is 1. The fourth-order valence-corrected chi connectivity index (χ4v) is 3.17. The zero-order valence-corrected chi connectivity index (χ0v) is 12.4. The number of rotatable bonds is 3. The molecule has 2 unspecified atom stereocenters. The predicted molar refractivity (Wildman–Crippen MR) is 83.3 cm³/mol. The van der Waals surface area contributed by atoms with E-state index in [4.69, 9.17) is 11.6 Å². The maximum absolute atomic E-state index is 10.0. The average Bonchev–Trinajstić information content (AvgIpc) is 2.86. The predicted octanol–water partition coefficient (Wildman–Crippen LogP) is 3.35. The number of phenols is 1. The van der Waals surface area contributed by atoms with Crippen LogP contribution in [-0.4, -0.2) is 27.8 Å². The zero-order chi connectivity index (χ0) is 14.8. The van der Waals surface area contributed by atoms with E-state index in [2.05, 4.69) is 17.0 Å². The van der Waals surface area contributed by atoms with Crippen LogP contribution < -0.4 is 0 Å². The van der Waals surface area contributed by atoms with Gasteiger partial charge < -0.3 is 10.2 Å². The first kappa shape index (κ1) is 14.4. The smallest absolute Gasteiger partial charge is 0.134 e. The van der Waals surface area contributed by atoms with Crippen LogP contribution in [0.2, 0.25) is 5.02 Å². The van der Waals surface area contributed by atoms with Crippen LogP contribution in [0.3, 0.4) is 0 Å². The van der Waals surface area contributed by atoms with Gasteiger partial charge in [-0.25, -0.2) is 0 Å². The molecule has 2 N–H and O–H groups in total. The van der Waals surface area contributed by atoms with E-state index in [0.717, 1.165) is 12.0 Å². The van der Waals surface area contributed by atoms with Gasteiger partial charge in [0.25, 0.3) is 0 Å². The second-order valence-electron chi connectivity index (χ2n) is 5.50. The van der Waals surface area contributed by atoms with Gasteiger partial charge in [0, 0.05) is 19.1 Å². The highest BCUT2D eigenvalue weighted by Crippen LogP contribution is 2.35. The van der Waals surface area contributed by atoms with E-state index >= 15 is 0 Å². The second-order valence-corrected chi connectivity index (χ2v) is 5.87. The minimum absolute atomic E-state index is 0.102. The Morgan fingerprint density at radius 1 is 1.10 bits per heavy atom. The summed E-state index contributed by atoms with van der Waals surface area (Å²) in [5.74, 6) is 0.102. The van der Waals surface area contributed by atoms with Crippen LogP contribution in [0.15, 0.2) is 48.5 Å². The molecule has 1 saturated heterocycles. The molecule has 0 radical (unpaired) electrons. The SMILES string of the molecule is Oc1cccc(CN2CC(O)CC2c2ccccc2)c1Cl. The van der Waals surface area contributed by atoms with Gasteiger partial charge in [0.1, 0.15) is 5.75 Å². The molecule has 3 nitrogen and oxygen atoms in total. The number of nitrogens with zero attached hydrogens (tertiary/aromatic N) is 1. The third kappa shape index (κ3) is 3.05. The Balaban J connectivity index is 1.84. The van der Waals surface area contributed by atoms with Crippen molar-refractivity contribution in [1.29, 1.82) is 0 Å². The number of hydrogen-bond acceptors (Lipinski definition) is 3. The minimum Gasteiger partial charge on any atom is -0.506 e. The Bertz CT molecular complexity index is 617. The number of aliphatic hydroxyl groups is 1.